The van der Waals surface area contributed by atoms with Gasteiger partial charge in [0.15, 0.2) is 6.29 Å². The number of hydrogen-bond donors (Lipinski definition) is 0. The highest BCUT2D eigenvalue weighted by molar-refractivity contribution is 5.72. The van der Waals surface area contributed by atoms with E-state index in [1.54, 1.807) is 18.7 Å². The van der Waals surface area contributed by atoms with E-state index < -0.39 is 23.5 Å². The molecule has 23 heavy (non-hydrogen) atoms. The van der Waals surface area contributed by atoms with Gasteiger partial charge in [0.05, 0.1) is 6.04 Å². The number of amides is 1. The Kier molecular flexibility index (Phi) is 4.80. The summed E-state index contributed by atoms with van der Waals surface area (Å²) in [5, 5.41) is 0. The first kappa shape index (κ1) is 17.5. The Labute approximate surface area is 137 Å². The first-order valence-corrected chi connectivity index (χ1v) is 7.83. The molecule has 1 aromatic carbocycles. The van der Waals surface area contributed by atoms with Crippen LogP contribution in [-0.4, -0.2) is 40.8 Å². The van der Waals surface area contributed by atoms with E-state index in [0.29, 0.717) is 6.42 Å². The molecule has 2 rings (SSSR count). The van der Waals surface area contributed by atoms with Gasteiger partial charge in [0, 0.05) is 0 Å². The van der Waals surface area contributed by atoms with E-state index in [9.17, 15) is 9.59 Å². The average molecular weight is 319 g/mol. The molecule has 0 aromatic heterocycles. The normalized spacial score (nSPS) is 23.6. The summed E-state index contributed by atoms with van der Waals surface area (Å²) < 4.78 is 11.3. The lowest BCUT2D eigenvalue weighted by Crippen LogP contribution is -2.51. The minimum absolute atomic E-state index is 0.389. The summed E-state index contributed by atoms with van der Waals surface area (Å²) in [4.78, 5) is 25.6. The van der Waals surface area contributed by atoms with E-state index in [-0.39, 0.29) is 6.04 Å². The van der Waals surface area contributed by atoms with Gasteiger partial charge < -0.3 is 14.3 Å². The van der Waals surface area contributed by atoms with Crippen LogP contribution in [0.25, 0.3) is 0 Å². The van der Waals surface area contributed by atoms with Crippen molar-refractivity contribution in [3.05, 3.63) is 35.9 Å². The zero-order valence-electron chi connectivity index (χ0n) is 14.4. The molecule has 1 aromatic rings. The summed E-state index contributed by atoms with van der Waals surface area (Å²) in [6, 6.07) is 9.36. The number of nitrogens with zero attached hydrogens (tertiary/aromatic N) is 1. The first-order chi connectivity index (χ1) is 10.6. The second kappa shape index (κ2) is 6.32. The van der Waals surface area contributed by atoms with Gasteiger partial charge in [-0.15, -0.1) is 0 Å². The molecule has 1 amide bonds. The van der Waals surface area contributed by atoms with E-state index in [1.807, 2.05) is 51.1 Å². The second-order valence-corrected chi connectivity index (χ2v) is 7.27. The van der Waals surface area contributed by atoms with Gasteiger partial charge in [-0.2, -0.15) is 0 Å². The van der Waals surface area contributed by atoms with Crippen LogP contribution < -0.4 is 0 Å². The van der Waals surface area contributed by atoms with E-state index in [0.717, 1.165) is 11.8 Å². The SMILES string of the molecule is CC(C)(C)OC(=O)N1[C@@H](Cc2ccccc2)[C@H](C=O)OC1(C)C. The van der Waals surface area contributed by atoms with Crippen molar-refractivity contribution in [2.24, 2.45) is 0 Å². The van der Waals surface area contributed by atoms with Crippen LogP contribution in [0.5, 0.6) is 0 Å². The topological polar surface area (TPSA) is 55.8 Å². The molecule has 1 fully saturated rings. The maximum absolute atomic E-state index is 12.6. The fraction of sp³-hybridized carbons (Fsp3) is 0.556. The molecular formula is C18H25NO4. The number of ether oxygens (including phenoxy) is 2. The van der Waals surface area contributed by atoms with E-state index in [2.05, 4.69) is 0 Å². The Hall–Kier alpha value is -1.88. The van der Waals surface area contributed by atoms with Gasteiger partial charge in [0.1, 0.15) is 17.4 Å². The van der Waals surface area contributed by atoms with Crippen LogP contribution in [0.2, 0.25) is 0 Å². The highest BCUT2D eigenvalue weighted by Gasteiger charge is 2.51. The molecule has 126 valence electrons. The maximum Gasteiger partial charge on any atom is 0.412 e. The zero-order chi connectivity index (χ0) is 17.3. The minimum Gasteiger partial charge on any atom is -0.444 e. The maximum atomic E-state index is 12.6. The van der Waals surface area contributed by atoms with Crippen molar-refractivity contribution >= 4 is 12.4 Å². The quantitative estimate of drug-likeness (QED) is 0.803. The molecule has 0 radical (unpaired) electrons. The van der Waals surface area contributed by atoms with Gasteiger partial charge in [-0.05, 0) is 46.6 Å². The summed E-state index contributed by atoms with van der Waals surface area (Å²) in [6.45, 7) is 9.01. The lowest BCUT2D eigenvalue weighted by Gasteiger charge is -2.35. The number of rotatable bonds is 3. The minimum atomic E-state index is -0.895. The van der Waals surface area contributed by atoms with Gasteiger partial charge in [0.25, 0.3) is 0 Å². The number of hydrogen-bond acceptors (Lipinski definition) is 4. The van der Waals surface area contributed by atoms with Crippen molar-refractivity contribution in [3.8, 4) is 0 Å². The summed E-state index contributed by atoms with van der Waals surface area (Å²) in [6.07, 6.45) is 0.164. The first-order valence-electron chi connectivity index (χ1n) is 7.83. The Morgan fingerprint density at radius 1 is 1.30 bits per heavy atom. The van der Waals surface area contributed by atoms with Crippen LogP contribution in [0.3, 0.4) is 0 Å². The van der Waals surface area contributed by atoms with Crippen LogP contribution in [0.1, 0.15) is 40.2 Å². The van der Waals surface area contributed by atoms with Crippen LogP contribution in [0, 0.1) is 0 Å². The Bertz CT molecular complexity index is 562. The van der Waals surface area contributed by atoms with Crippen LogP contribution in [0.4, 0.5) is 4.79 Å². The Morgan fingerprint density at radius 2 is 1.91 bits per heavy atom. The van der Waals surface area contributed by atoms with Crippen LogP contribution in [-0.2, 0) is 20.7 Å². The summed E-state index contributed by atoms with van der Waals surface area (Å²) >= 11 is 0. The average Bonchev–Trinajstić information content (AvgIpc) is 2.68. The molecule has 0 unspecified atom stereocenters. The lowest BCUT2D eigenvalue weighted by molar-refractivity contribution is -0.124. The predicted molar refractivity (Wildman–Crippen MR) is 87.0 cm³/mol. The van der Waals surface area contributed by atoms with Gasteiger partial charge in [-0.3, -0.25) is 4.90 Å². The monoisotopic (exact) mass is 319 g/mol. The van der Waals surface area contributed by atoms with Gasteiger partial charge in [0.2, 0.25) is 0 Å². The number of benzene rings is 1. The van der Waals surface area contributed by atoms with Gasteiger partial charge in [-0.1, -0.05) is 30.3 Å². The summed E-state index contributed by atoms with van der Waals surface area (Å²) in [7, 11) is 0. The van der Waals surface area contributed by atoms with Crippen molar-refractivity contribution in [2.45, 2.75) is 64.5 Å². The van der Waals surface area contributed by atoms with Crippen molar-refractivity contribution in [3.63, 3.8) is 0 Å². The molecule has 5 heteroatoms. The molecule has 1 heterocycles. The molecular weight excluding hydrogens is 294 g/mol. The van der Waals surface area contributed by atoms with Crippen molar-refractivity contribution in [1.29, 1.82) is 0 Å². The third-order valence-electron chi connectivity index (χ3n) is 3.73. The van der Waals surface area contributed by atoms with E-state index >= 15 is 0 Å². The summed E-state index contributed by atoms with van der Waals surface area (Å²) in [5.41, 5.74) is -0.462. The molecule has 5 nitrogen and oxygen atoms in total. The Morgan fingerprint density at radius 3 is 2.43 bits per heavy atom. The Balaban J connectivity index is 2.29. The molecule has 2 atom stereocenters. The second-order valence-electron chi connectivity index (χ2n) is 7.27. The summed E-state index contributed by atoms with van der Waals surface area (Å²) in [5.74, 6) is 0. The third-order valence-corrected chi connectivity index (χ3v) is 3.73. The molecule has 0 bridgehead atoms. The van der Waals surface area contributed by atoms with Crippen LogP contribution >= 0.6 is 0 Å². The predicted octanol–water partition coefficient (Wildman–Crippen LogP) is 3.17. The van der Waals surface area contributed by atoms with Crippen molar-refractivity contribution < 1.29 is 19.1 Å². The molecule has 0 N–H and O–H groups in total. The fourth-order valence-corrected chi connectivity index (χ4v) is 2.86. The number of aldehydes is 1. The molecule has 1 aliphatic rings. The van der Waals surface area contributed by atoms with E-state index in [1.165, 1.54) is 0 Å². The molecule has 0 saturated carbocycles. The van der Waals surface area contributed by atoms with E-state index in [4.69, 9.17) is 9.47 Å². The highest BCUT2D eigenvalue weighted by atomic mass is 16.6. The van der Waals surface area contributed by atoms with Gasteiger partial charge in [-0.25, -0.2) is 4.79 Å². The van der Waals surface area contributed by atoms with Gasteiger partial charge >= 0.3 is 6.09 Å². The standard InChI is InChI=1S/C18H25NO4/c1-17(2,3)23-16(21)19-14(11-13-9-7-6-8-10-13)15(12-20)22-18(19,4)5/h6-10,12,14-15H,11H2,1-5H3/t14-,15-/m0/s1. The fourth-order valence-electron chi connectivity index (χ4n) is 2.86. The largest absolute Gasteiger partial charge is 0.444 e. The van der Waals surface area contributed by atoms with Crippen LogP contribution in [0.15, 0.2) is 30.3 Å². The third kappa shape index (κ3) is 4.10. The molecule has 0 spiro atoms. The molecule has 0 aliphatic carbocycles. The smallest absolute Gasteiger partial charge is 0.412 e. The van der Waals surface area contributed by atoms with Crippen molar-refractivity contribution in [1.82, 2.24) is 4.90 Å². The lowest BCUT2D eigenvalue weighted by atomic mass is 10.0. The highest BCUT2D eigenvalue weighted by Crippen LogP contribution is 2.34. The number of carbonyl (C=O) groups is 2. The van der Waals surface area contributed by atoms with Crippen molar-refractivity contribution in [2.75, 3.05) is 0 Å². The number of carbonyl (C=O) groups excluding carboxylic acids is 2. The molecule has 1 aliphatic heterocycles. The zero-order valence-corrected chi connectivity index (χ0v) is 14.4. The molecule has 1 saturated heterocycles.